The van der Waals surface area contributed by atoms with Crippen LogP contribution in [0.1, 0.15) is 299 Å². The van der Waals surface area contributed by atoms with E-state index in [0.717, 1.165) is 44.9 Å². The molecule has 0 aliphatic carbocycles. The summed E-state index contributed by atoms with van der Waals surface area (Å²) >= 11 is 0. The highest BCUT2D eigenvalue weighted by atomic mass is 16.6. The Morgan fingerprint density at radius 3 is 0.769 bits per heavy atom. The zero-order valence-corrected chi connectivity index (χ0v) is 42.5. The largest absolute Gasteiger partial charge is 0.465 e. The van der Waals surface area contributed by atoms with Crippen molar-refractivity contribution >= 4 is 17.9 Å². The van der Waals surface area contributed by atoms with Crippen molar-refractivity contribution in [2.24, 2.45) is 5.41 Å². The van der Waals surface area contributed by atoms with Crippen molar-refractivity contribution in [1.82, 2.24) is 0 Å². The zero-order valence-electron chi connectivity index (χ0n) is 42.5. The molecule has 0 N–H and O–H groups in total. The van der Waals surface area contributed by atoms with Gasteiger partial charge in [0, 0.05) is 13.2 Å². The van der Waals surface area contributed by atoms with E-state index in [0.29, 0.717) is 13.2 Å². The lowest BCUT2D eigenvalue weighted by molar-refractivity contribution is -0.172. The van der Waals surface area contributed by atoms with Gasteiger partial charge >= 0.3 is 17.9 Å². The second kappa shape index (κ2) is 54.9. The highest BCUT2D eigenvalue weighted by Gasteiger charge is 2.38. The van der Waals surface area contributed by atoms with E-state index in [9.17, 15) is 14.4 Å². The quantitative estimate of drug-likeness (QED) is 0.0338. The molecular formula is C57H114O8. The molecule has 8 heteroatoms. The summed E-state index contributed by atoms with van der Waals surface area (Å²) in [6, 6.07) is 0. The molecule has 0 aromatic rings. The zero-order chi connectivity index (χ0) is 46.0. The second-order valence-electron chi connectivity index (χ2n) is 19.2. The number of hydrogen-bond acceptors (Lipinski definition) is 8. The van der Waals surface area contributed by atoms with E-state index in [1.54, 1.807) is 6.92 Å². The van der Waals surface area contributed by atoms with Crippen molar-refractivity contribution in [1.29, 1.82) is 0 Å². The SMILES string of the molecule is C.C.CCCCCCCCCCCCCCCCCOCC(=O)OCC(C)(COC(=O)COCCCCCCCCCCCCCCCCC)C(=O)OCCCCCCCCCCCC. The Bertz CT molecular complexity index is 917. The van der Waals surface area contributed by atoms with Crippen LogP contribution in [0.2, 0.25) is 0 Å². The second-order valence-corrected chi connectivity index (χ2v) is 19.2. The van der Waals surface area contributed by atoms with E-state index in [1.165, 1.54) is 212 Å². The molecule has 0 bridgehead atoms. The summed E-state index contributed by atoms with van der Waals surface area (Å²) in [6.07, 6.45) is 50.9. The van der Waals surface area contributed by atoms with Crippen LogP contribution in [0.5, 0.6) is 0 Å². The molecule has 0 saturated heterocycles. The predicted molar refractivity (Wildman–Crippen MR) is 278 cm³/mol. The summed E-state index contributed by atoms with van der Waals surface area (Å²) in [5.41, 5.74) is -1.33. The van der Waals surface area contributed by atoms with Crippen LogP contribution in [0.15, 0.2) is 0 Å². The van der Waals surface area contributed by atoms with Gasteiger partial charge in [-0.2, -0.15) is 0 Å². The van der Waals surface area contributed by atoms with E-state index in [2.05, 4.69) is 20.8 Å². The Labute approximate surface area is 405 Å². The Morgan fingerprint density at radius 2 is 0.523 bits per heavy atom. The van der Waals surface area contributed by atoms with E-state index in [-0.39, 0.29) is 47.9 Å². The van der Waals surface area contributed by atoms with E-state index in [1.807, 2.05) is 0 Å². The molecule has 0 unspecified atom stereocenters. The fraction of sp³-hybridized carbons (Fsp3) is 0.947. The first kappa shape index (κ1) is 67.6. The molecule has 0 aliphatic heterocycles. The molecule has 0 heterocycles. The van der Waals surface area contributed by atoms with Crippen molar-refractivity contribution in [2.45, 2.75) is 299 Å². The molecule has 0 atom stereocenters. The summed E-state index contributed by atoms with van der Waals surface area (Å²) in [5, 5.41) is 0. The fourth-order valence-electron chi connectivity index (χ4n) is 8.11. The number of hydrogen-bond donors (Lipinski definition) is 0. The van der Waals surface area contributed by atoms with Crippen LogP contribution in [0.3, 0.4) is 0 Å². The van der Waals surface area contributed by atoms with Gasteiger partial charge in [0.25, 0.3) is 0 Å². The first-order valence-electron chi connectivity index (χ1n) is 27.5. The standard InChI is InChI=1S/C55H106O8.2CH4/c1-5-8-11-14-17-20-23-25-27-29-31-33-36-39-42-45-59-48-52(56)62-50-55(4,54(58)61-47-44-41-38-35-22-19-16-13-10-7-3)51-63-53(57)49-60-46-43-40-37-34-32-30-28-26-24-21-18-15-12-9-6-2;;/h5-51H2,1-4H3;2*1H4. The Balaban J connectivity index is -0.0000192. The van der Waals surface area contributed by atoms with Crippen LogP contribution in [0, 0.1) is 5.41 Å². The molecule has 390 valence electrons. The van der Waals surface area contributed by atoms with Crippen molar-refractivity contribution < 1.29 is 38.1 Å². The molecule has 0 radical (unpaired) electrons. The van der Waals surface area contributed by atoms with Crippen molar-refractivity contribution in [3.63, 3.8) is 0 Å². The minimum Gasteiger partial charge on any atom is -0.465 e. The molecule has 0 aliphatic rings. The Hall–Kier alpha value is -1.67. The van der Waals surface area contributed by atoms with Crippen molar-refractivity contribution in [3.8, 4) is 0 Å². The lowest BCUT2D eigenvalue weighted by Crippen LogP contribution is -2.41. The minimum atomic E-state index is -1.33. The van der Waals surface area contributed by atoms with Crippen LogP contribution >= 0.6 is 0 Å². The summed E-state index contributed by atoms with van der Waals surface area (Å²) < 4.78 is 27.9. The van der Waals surface area contributed by atoms with Crippen LogP contribution in [0.25, 0.3) is 0 Å². The lowest BCUT2D eigenvalue weighted by atomic mass is 9.93. The Morgan fingerprint density at radius 1 is 0.308 bits per heavy atom. The molecule has 8 nitrogen and oxygen atoms in total. The average Bonchev–Trinajstić information content (AvgIpc) is 3.28. The monoisotopic (exact) mass is 927 g/mol. The first-order valence-corrected chi connectivity index (χ1v) is 27.5. The van der Waals surface area contributed by atoms with Gasteiger partial charge in [-0.05, 0) is 26.2 Å². The molecule has 0 spiro atoms. The lowest BCUT2D eigenvalue weighted by Gasteiger charge is -2.26. The van der Waals surface area contributed by atoms with E-state index >= 15 is 0 Å². The summed E-state index contributed by atoms with van der Waals surface area (Å²) in [4.78, 5) is 38.6. The number of esters is 3. The number of rotatable bonds is 52. The van der Waals surface area contributed by atoms with Gasteiger partial charge in [0.2, 0.25) is 0 Å². The summed E-state index contributed by atoms with van der Waals surface area (Å²) in [5.74, 6) is -1.61. The highest BCUT2D eigenvalue weighted by Crippen LogP contribution is 2.22. The number of carbonyl (C=O) groups excluding carboxylic acids is 3. The fourth-order valence-corrected chi connectivity index (χ4v) is 8.11. The average molecular weight is 928 g/mol. The highest BCUT2D eigenvalue weighted by molar-refractivity contribution is 5.78. The summed E-state index contributed by atoms with van der Waals surface area (Å²) in [7, 11) is 0. The summed E-state index contributed by atoms with van der Waals surface area (Å²) in [6.45, 7) is 8.86. The van der Waals surface area contributed by atoms with Gasteiger partial charge in [0.15, 0.2) is 0 Å². The third-order valence-corrected chi connectivity index (χ3v) is 12.6. The number of ether oxygens (including phenoxy) is 5. The minimum absolute atomic E-state index is 0. The van der Waals surface area contributed by atoms with Gasteiger partial charge in [-0.1, -0.05) is 273 Å². The van der Waals surface area contributed by atoms with Crippen molar-refractivity contribution in [3.05, 3.63) is 0 Å². The smallest absolute Gasteiger partial charge is 0.332 e. The molecule has 65 heavy (non-hydrogen) atoms. The normalized spacial score (nSPS) is 11.3. The van der Waals surface area contributed by atoms with Gasteiger partial charge in [0.1, 0.15) is 31.8 Å². The molecule has 0 fully saturated rings. The van der Waals surface area contributed by atoms with E-state index in [4.69, 9.17) is 23.7 Å². The van der Waals surface area contributed by atoms with Crippen LogP contribution in [-0.4, -0.2) is 64.2 Å². The van der Waals surface area contributed by atoms with E-state index < -0.39 is 23.3 Å². The van der Waals surface area contributed by atoms with Gasteiger partial charge < -0.3 is 23.7 Å². The molecule has 0 rings (SSSR count). The number of unbranched alkanes of at least 4 members (excludes halogenated alkanes) is 37. The Kier molecular flexibility index (Phi) is 57.1. The van der Waals surface area contributed by atoms with Crippen LogP contribution in [0.4, 0.5) is 0 Å². The predicted octanol–water partition coefficient (Wildman–Crippen LogP) is 17.6. The van der Waals surface area contributed by atoms with Gasteiger partial charge in [-0.15, -0.1) is 0 Å². The van der Waals surface area contributed by atoms with Crippen molar-refractivity contribution in [2.75, 3.05) is 46.2 Å². The molecule has 0 saturated carbocycles. The maximum absolute atomic E-state index is 13.3. The van der Waals surface area contributed by atoms with Crippen LogP contribution < -0.4 is 0 Å². The topological polar surface area (TPSA) is 97.4 Å². The molecule has 0 aromatic carbocycles. The first-order chi connectivity index (χ1) is 30.9. The maximum Gasteiger partial charge on any atom is 0.332 e. The molecular weight excluding hydrogens is 813 g/mol. The maximum atomic E-state index is 13.3. The third-order valence-electron chi connectivity index (χ3n) is 12.6. The van der Waals surface area contributed by atoms with Gasteiger partial charge in [0.05, 0.1) is 6.61 Å². The molecule has 0 amide bonds. The van der Waals surface area contributed by atoms with Crippen LogP contribution in [-0.2, 0) is 38.1 Å². The third kappa shape index (κ3) is 50.0. The van der Waals surface area contributed by atoms with Gasteiger partial charge in [-0.3, -0.25) is 4.79 Å². The van der Waals surface area contributed by atoms with Gasteiger partial charge in [-0.25, -0.2) is 9.59 Å². The molecule has 0 aromatic heterocycles. The number of carbonyl (C=O) groups is 3.